The molecule has 7 heteroatoms. The normalized spacial score (nSPS) is 20.0. The molecule has 3 heterocycles. The van der Waals surface area contributed by atoms with Gasteiger partial charge in [-0.2, -0.15) is 11.3 Å². The molecule has 1 aliphatic rings. The Morgan fingerprint density at radius 1 is 1.35 bits per heavy atom. The van der Waals surface area contributed by atoms with Gasteiger partial charge in [-0.3, -0.25) is 19.5 Å². The van der Waals surface area contributed by atoms with Gasteiger partial charge in [0.05, 0.1) is 12.5 Å². The fourth-order valence-electron chi connectivity index (χ4n) is 3.31. The Morgan fingerprint density at radius 3 is 2.92 bits per heavy atom. The van der Waals surface area contributed by atoms with Crippen LogP contribution in [0.2, 0.25) is 0 Å². The maximum absolute atomic E-state index is 12.4. The molecule has 2 aromatic rings. The average molecular weight is 372 g/mol. The molecule has 0 saturated carbocycles. The number of likely N-dealkylation sites (N-methyl/N-ethyl adjacent to an activating group) is 1. The molecule has 2 aromatic heterocycles. The number of rotatable bonds is 7. The first-order chi connectivity index (χ1) is 12.7. The van der Waals surface area contributed by atoms with Crippen molar-refractivity contribution in [3.63, 3.8) is 0 Å². The van der Waals surface area contributed by atoms with Gasteiger partial charge in [0.25, 0.3) is 0 Å². The van der Waals surface area contributed by atoms with Gasteiger partial charge in [0, 0.05) is 37.6 Å². The number of thiophene rings is 1. The summed E-state index contributed by atoms with van der Waals surface area (Å²) in [5.41, 5.74) is 1.95. The van der Waals surface area contributed by atoms with Gasteiger partial charge in [0.1, 0.15) is 0 Å². The summed E-state index contributed by atoms with van der Waals surface area (Å²) < 4.78 is 0. The van der Waals surface area contributed by atoms with Gasteiger partial charge >= 0.3 is 0 Å². The van der Waals surface area contributed by atoms with Gasteiger partial charge in [-0.25, -0.2) is 0 Å². The van der Waals surface area contributed by atoms with Gasteiger partial charge in [0.2, 0.25) is 11.8 Å². The van der Waals surface area contributed by atoms with Crippen LogP contribution in [0, 0.1) is 0 Å². The van der Waals surface area contributed by atoms with E-state index in [9.17, 15) is 9.59 Å². The average Bonchev–Trinajstić information content (AvgIpc) is 3.26. The molecule has 138 valence electrons. The number of nitrogens with one attached hydrogen (secondary N) is 2. The third kappa shape index (κ3) is 4.89. The molecule has 0 unspecified atom stereocenters. The first-order valence-corrected chi connectivity index (χ1v) is 9.82. The Morgan fingerprint density at radius 2 is 2.23 bits per heavy atom. The molecule has 0 spiro atoms. The number of carbonyl (C=O) groups is 2. The summed E-state index contributed by atoms with van der Waals surface area (Å²) in [5.74, 6) is -0.0232. The number of likely N-dealkylation sites (tertiary alicyclic amines) is 1. The van der Waals surface area contributed by atoms with Crippen LogP contribution in [0.5, 0.6) is 0 Å². The molecule has 0 aromatic carbocycles. The van der Waals surface area contributed by atoms with Gasteiger partial charge in [-0.05, 0) is 47.9 Å². The summed E-state index contributed by atoms with van der Waals surface area (Å²) >= 11 is 1.65. The molecular weight excluding hydrogens is 348 g/mol. The topological polar surface area (TPSA) is 74.3 Å². The first-order valence-electron chi connectivity index (χ1n) is 8.87. The van der Waals surface area contributed by atoms with Gasteiger partial charge in [-0.1, -0.05) is 6.07 Å². The largest absolute Gasteiger partial charge is 0.355 e. The minimum atomic E-state index is -0.213. The van der Waals surface area contributed by atoms with Crippen molar-refractivity contribution < 1.29 is 9.59 Å². The quantitative estimate of drug-likeness (QED) is 0.774. The summed E-state index contributed by atoms with van der Waals surface area (Å²) in [5, 5.41) is 10.1. The zero-order valence-electron chi connectivity index (χ0n) is 14.9. The second kappa shape index (κ2) is 8.91. The molecule has 1 fully saturated rings. The summed E-state index contributed by atoms with van der Waals surface area (Å²) in [6.45, 7) is 3.92. The first kappa shape index (κ1) is 18.5. The molecule has 2 atom stereocenters. The lowest BCUT2D eigenvalue weighted by atomic mass is 10.1. The maximum Gasteiger partial charge on any atom is 0.237 e. The standard InChI is InChI=1S/C19H24N4O2S/c1-2-20-19(25)17-9-16(12-23(17)11-14-6-8-26-13-14)22-18(24)10-15-5-3-4-7-21-15/h3-8,13,16-17H,2,9-12H2,1H3,(H,20,25)(H,22,24)/t16-,17-/m0/s1. The number of hydrogen-bond donors (Lipinski definition) is 2. The van der Waals surface area contributed by atoms with Crippen molar-refractivity contribution in [2.75, 3.05) is 13.1 Å². The van der Waals surface area contributed by atoms with Crippen LogP contribution in [0.15, 0.2) is 41.2 Å². The molecule has 2 N–H and O–H groups in total. The second-order valence-corrected chi connectivity index (χ2v) is 7.25. The number of nitrogens with zero attached hydrogens (tertiary/aromatic N) is 2. The van der Waals surface area contributed by atoms with Crippen molar-refractivity contribution in [1.29, 1.82) is 0 Å². The molecule has 2 amide bonds. The van der Waals surface area contributed by atoms with Gasteiger partial charge in [0.15, 0.2) is 0 Å². The molecule has 26 heavy (non-hydrogen) atoms. The van der Waals surface area contributed by atoms with Crippen LogP contribution >= 0.6 is 11.3 Å². The molecule has 0 radical (unpaired) electrons. The van der Waals surface area contributed by atoms with Gasteiger partial charge < -0.3 is 10.6 Å². The van der Waals surface area contributed by atoms with E-state index in [2.05, 4.69) is 32.0 Å². The van der Waals surface area contributed by atoms with Crippen LogP contribution in [0.3, 0.4) is 0 Å². The molecule has 0 aliphatic carbocycles. The van der Waals surface area contributed by atoms with E-state index >= 15 is 0 Å². The van der Waals surface area contributed by atoms with Gasteiger partial charge in [-0.15, -0.1) is 0 Å². The van der Waals surface area contributed by atoms with Crippen LogP contribution < -0.4 is 10.6 Å². The molecule has 1 aliphatic heterocycles. The zero-order valence-corrected chi connectivity index (χ0v) is 15.7. The molecule has 3 rings (SSSR count). The van der Waals surface area contributed by atoms with Crippen LogP contribution in [0.4, 0.5) is 0 Å². The summed E-state index contributed by atoms with van der Waals surface area (Å²) in [6, 6.07) is 7.38. The minimum absolute atomic E-state index is 0.0301. The highest BCUT2D eigenvalue weighted by Crippen LogP contribution is 2.22. The summed E-state index contributed by atoms with van der Waals surface area (Å²) in [4.78, 5) is 31.1. The SMILES string of the molecule is CCNC(=O)[C@@H]1C[C@H](NC(=O)Cc2ccccn2)CN1Cc1ccsc1. The lowest BCUT2D eigenvalue weighted by Crippen LogP contribution is -2.42. The smallest absolute Gasteiger partial charge is 0.237 e. The molecule has 1 saturated heterocycles. The van der Waals surface area contributed by atoms with E-state index in [1.54, 1.807) is 17.5 Å². The Labute approximate surface area is 157 Å². The van der Waals surface area contributed by atoms with E-state index in [-0.39, 0.29) is 30.3 Å². The second-order valence-electron chi connectivity index (χ2n) is 6.47. The number of aromatic nitrogens is 1. The predicted molar refractivity (Wildman–Crippen MR) is 102 cm³/mol. The van der Waals surface area contributed by atoms with Crippen LogP contribution in [0.25, 0.3) is 0 Å². The van der Waals surface area contributed by atoms with E-state index in [0.29, 0.717) is 19.5 Å². The summed E-state index contributed by atoms with van der Waals surface area (Å²) in [6.07, 6.45) is 2.57. The lowest BCUT2D eigenvalue weighted by molar-refractivity contribution is -0.125. The fraction of sp³-hybridized carbons (Fsp3) is 0.421. The minimum Gasteiger partial charge on any atom is -0.355 e. The Balaban J connectivity index is 1.61. The van der Waals surface area contributed by atoms with Crippen LogP contribution in [0.1, 0.15) is 24.6 Å². The Bertz CT molecular complexity index is 720. The van der Waals surface area contributed by atoms with Crippen molar-refractivity contribution in [1.82, 2.24) is 20.5 Å². The van der Waals surface area contributed by atoms with Crippen molar-refractivity contribution in [2.24, 2.45) is 0 Å². The molecular formula is C19H24N4O2S. The number of amides is 2. The van der Waals surface area contributed by atoms with E-state index < -0.39 is 0 Å². The Kier molecular flexibility index (Phi) is 6.35. The zero-order chi connectivity index (χ0) is 18.4. The number of carbonyl (C=O) groups excluding carboxylic acids is 2. The third-order valence-corrected chi connectivity index (χ3v) is 5.19. The Hall–Kier alpha value is -2.25. The summed E-state index contributed by atoms with van der Waals surface area (Å²) in [7, 11) is 0. The van der Waals surface area contributed by atoms with E-state index in [0.717, 1.165) is 12.2 Å². The third-order valence-electron chi connectivity index (χ3n) is 4.46. The fourth-order valence-corrected chi connectivity index (χ4v) is 3.97. The van der Waals surface area contributed by atoms with E-state index in [1.165, 1.54) is 5.56 Å². The molecule has 6 nitrogen and oxygen atoms in total. The van der Waals surface area contributed by atoms with Crippen molar-refractivity contribution in [3.05, 3.63) is 52.5 Å². The maximum atomic E-state index is 12.4. The number of hydrogen-bond acceptors (Lipinski definition) is 5. The monoisotopic (exact) mass is 372 g/mol. The van der Waals surface area contributed by atoms with E-state index in [1.807, 2.05) is 30.5 Å². The highest BCUT2D eigenvalue weighted by molar-refractivity contribution is 7.07. The highest BCUT2D eigenvalue weighted by Gasteiger charge is 2.37. The lowest BCUT2D eigenvalue weighted by Gasteiger charge is -2.22. The van der Waals surface area contributed by atoms with Crippen LogP contribution in [-0.4, -0.2) is 46.9 Å². The predicted octanol–water partition coefficient (Wildman–Crippen LogP) is 1.58. The molecule has 0 bridgehead atoms. The number of pyridine rings is 1. The van der Waals surface area contributed by atoms with Crippen molar-refractivity contribution >= 4 is 23.2 Å². The van der Waals surface area contributed by atoms with E-state index in [4.69, 9.17) is 0 Å². The highest BCUT2D eigenvalue weighted by atomic mass is 32.1. The van der Waals surface area contributed by atoms with Crippen molar-refractivity contribution in [3.8, 4) is 0 Å². The van der Waals surface area contributed by atoms with Crippen LogP contribution in [-0.2, 0) is 22.6 Å². The van der Waals surface area contributed by atoms with Crippen molar-refractivity contribution in [2.45, 2.75) is 38.4 Å².